The van der Waals surface area contributed by atoms with Crippen LogP contribution in [-0.2, 0) is 9.47 Å². The zero-order valence-electron chi connectivity index (χ0n) is 13.7. The van der Waals surface area contributed by atoms with Crippen molar-refractivity contribution in [3.8, 4) is 0 Å². The first-order valence-corrected chi connectivity index (χ1v) is 8.22. The lowest BCUT2D eigenvalue weighted by atomic mass is 10.0. The minimum atomic E-state index is -0.414. The molecule has 1 aromatic heterocycles. The van der Waals surface area contributed by atoms with Crippen molar-refractivity contribution in [2.45, 2.75) is 32.5 Å². The molecule has 2 fully saturated rings. The summed E-state index contributed by atoms with van der Waals surface area (Å²) in [6.45, 7) is 7.61. The maximum Gasteiger partial charge on any atom is 0.270 e. The number of carbonyl (C=O) groups excluding carboxylic acids is 1. The van der Waals surface area contributed by atoms with E-state index in [1.54, 1.807) is 12.3 Å². The number of amides is 1. The van der Waals surface area contributed by atoms with Crippen molar-refractivity contribution >= 4 is 11.9 Å². The van der Waals surface area contributed by atoms with Crippen molar-refractivity contribution in [3.63, 3.8) is 0 Å². The van der Waals surface area contributed by atoms with Crippen LogP contribution in [-0.4, -0.2) is 54.5 Å². The van der Waals surface area contributed by atoms with Gasteiger partial charge in [-0.15, -0.1) is 0 Å². The fourth-order valence-electron chi connectivity index (χ4n) is 2.85. The van der Waals surface area contributed by atoms with Crippen molar-refractivity contribution < 1.29 is 14.3 Å². The summed E-state index contributed by atoms with van der Waals surface area (Å²) < 4.78 is 11.5. The van der Waals surface area contributed by atoms with E-state index < -0.39 is 5.79 Å². The van der Waals surface area contributed by atoms with Crippen LogP contribution in [0.4, 0.5) is 5.95 Å². The van der Waals surface area contributed by atoms with Crippen LogP contribution in [0.15, 0.2) is 12.3 Å². The van der Waals surface area contributed by atoms with Crippen LogP contribution in [0.2, 0.25) is 0 Å². The number of anilines is 1. The van der Waals surface area contributed by atoms with E-state index in [9.17, 15) is 4.79 Å². The van der Waals surface area contributed by atoms with E-state index in [4.69, 9.17) is 9.47 Å². The van der Waals surface area contributed by atoms with Crippen LogP contribution in [0.1, 0.15) is 37.2 Å². The van der Waals surface area contributed by atoms with Gasteiger partial charge in [-0.25, -0.2) is 9.97 Å². The van der Waals surface area contributed by atoms with Gasteiger partial charge >= 0.3 is 0 Å². The Balaban J connectivity index is 1.62. The molecule has 3 heterocycles. The molecule has 7 nitrogen and oxygen atoms in total. The molecule has 2 aliphatic rings. The first-order valence-electron chi connectivity index (χ1n) is 8.22. The molecular weight excluding hydrogens is 296 g/mol. The lowest BCUT2D eigenvalue weighted by molar-refractivity contribution is -0.169. The zero-order valence-corrected chi connectivity index (χ0v) is 13.7. The summed E-state index contributed by atoms with van der Waals surface area (Å²) in [5.41, 5.74) is 0.407. The number of rotatable bonds is 4. The van der Waals surface area contributed by atoms with Gasteiger partial charge < -0.3 is 19.7 Å². The predicted molar refractivity (Wildman–Crippen MR) is 85.3 cm³/mol. The van der Waals surface area contributed by atoms with Gasteiger partial charge in [0.15, 0.2) is 5.79 Å². The average Bonchev–Trinajstić information content (AvgIpc) is 3.01. The van der Waals surface area contributed by atoms with Gasteiger partial charge in [-0.1, -0.05) is 13.8 Å². The standard InChI is InChI=1S/C16H24N4O3/c1-12(2)11-18-14(21)13-3-6-17-15(19-13)20-7-4-16(5-8-20)22-9-10-23-16/h3,6,12H,4-5,7-11H2,1-2H3,(H,18,21). The van der Waals surface area contributed by atoms with E-state index in [1.807, 2.05) is 0 Å². The van der Waals surface area contributed by atoms with Crippen LogP contribution < -0.4 is 10.2 Å². The highest BCUT2D eigenvalue weighted by Gasteiger charge is 2.40. The first kappa shape index (κ1) is 16.1. The van der Waals surface area contributed by atoms with Crippen molar-refractivity contribution in [1.29, 1.82) is 0 Å². The third-order valence-electron chi connectivity index (χ3n) is 4.17. The Morgan fingerprint density at radius 2 is 2.04 bits per heavy atom. The van der Waals surface area contributed by atoms with Gasteiger partial charge in [0.1, 0.15) is 5.69 Å². The molecule has 2 saturated heterocycles. The number of ether oxygens (including phenoxy) is 2. The average molecular weight is 320 g/mol. The quantitative estimate of drug-likeness (QED) is 0.898. The Hall–Kier alpha value is -1.73. The predicted octanol–water partition coefficient (Wildman–Crippen LogP) is 1.21. The second-order valence-electron chi connectivity index (χ2n) is 6.44. The van der Waals surface area contributed by atoms with E-state index in [0.717, 1.165) is 25.9 Å². The first-order chi connectivity index (χ1) is 11.1. The molecule has 23 heavy (non-hydrogen) atoms. The van der Waals surface area contributed by atoms with Crippen LogP contribution >= 0.6 is 0 Å². The normalized spacial score (nSPS) is 20.2. The summed E-state index contributed by atoms with van der Waals surface area (Å²) in [6.07, 6.45) is 3.22. The summed E-state index contributed by atoms with van der Waals surface area (Å²) in [6, 6.07) is 1.65. The fraction of sp³-hybridized carbons (Fsp3) is 0.688. The van der Waals surface area contributed by atoms with Gasteiger partial charge in [0, 0.05) is 38.7 Å². The molecule has 0 bridgehead atoms. The molecule has 3 rings (SSSR count). The van der Waals surface area contributed by atoms with Gasteiger partial charge in [-0.05, 0) is 12.0 Å². The molecule has 1 N–H and O–H groups in total. The summed E-state index contributed by atoms with van der Waals surface area (Å²) >= 11 is 0. The van der Waals surface area contributed by atoms with E-state index in [1.165, 1.54) is 0 Å². The molecular formula is C16H24N4O3. The Kier molecular flexibility index (Phi) is 4.77. The zero-order chi connectivity index (χ0) is 16.3. The van der Waals surface area contributed by atoms with Gasteiger partial charge in [0.2, 0.25) is 5.95 Å². The van der Waals surface area contributed by atoms with E-state index in [-0.39, 0.29) is 5.91 Å². The second-order valence-corrected chi connectivity index (χ2v) is 6.44. The Morgan fingerprint density at radius 3 is 2.70 bits per heavy atom. The molecule has 1 spiro atoms. The van der Waals surface area contributed by atoms with Gasteiger partial charge in [-0.2, -0.15) is 0 Å². The number of carbonyl (C=O) groups is 1. The highest BCUT2D eigenvalue weighted by Crippen LogP contribution is 2.32. The minimum absolute atomic E-state index is 0.154. The van der Waals surface area contributed by atoms with Crippen molar-refractivity contribution in [2.75, 3.05) is 37.7 Å². The number of hydrogen-bond donors (Lipinski definition) is 1. The highest BCUT2D eigenvalue weighted by molar-refractivity contribution is 5.92. The Labute approximate surface area is 136 Å². The van der Waals surface area contributed by atoms with Crippen LogP contribution in [0, 0.1) is 5.92 Å². The van der Waals surface area contributed by atoms with Crippen molar-refractivity contribution in [1.82, 2.24) is 15.3 Å². The molecule has 0 saturated carbocycles. The maximum absolute atomic E-state index is 12.1. The summed E-state index contributed by atoms with van der Waals surface area (Å²) in [5, 5.41) is 2.88. The van der Waals surface area contributed by atoms with Gasteiger partial charge in [-0.3, -0.25) is 4.79 Å². The minimum Gasteiger partial charge on any atom is -0.350 e. The number of nitrogens with zero attached hydrogens (tertiary/aromatic N) is 3. The Morgan fingerprint density at radius 1 is 1.35 bits per heavy atom. The van der Waals surface area contributed by atoms with Crippen molar-refractivity contribution in [3.05, 3.63) is 18.0 Å². The fourth-order valence-corrected chi connectivity index (χ4v) is 2.85. The van der Waals surface area contributed by atoms with E-state index in [0.29, 0.717) is 37.3 Å². The molecule has 126 valence electrons. The lowest BCUT2D eigenvalue weighted by Crippen LogP contribution is -2.45. The molecule has 2 aliphatic heterocycles. The number of hydrogen-bond acceptors (Lipinski definition) is 6. The van der Waals surface area contributed by atoms with Crippen LogP contribution in [0.25, 0.3) is 0 Å². The smallest absolute Gasteiger partial charge is 0.270 e. The molecule has 0 aliphatic carbocycles. The molecule has 0 atom stereocenters. The molecule has 1 amide bonds. The molecule has 0 radical (unpaired) electrons. The number of piperidine rings is 1. The molecule has 7 heteroatoms. The van der Waals surface area contributed by atoms with Gasteiger partial charge in [0.25, 0.3) is 5.91 Å². The molecule has 0 unspecified atom stereocenters. The number of aromatic nitrogens is 2. The molecule has 1 aromatic rings. The summed E-state index contributed by atoms with van der Waals surface area (Å²) in [7, 11) is 0. The Bertz CT molecular complexity index is 548. The summed E-state index contributed by atoms with van der Waals surface area (Å²) in [4.78, 5) is 22.9. The SMILES string of the molecule is CC(C)CNC(=O)c1ccnc(N2CCC3(CC2)OCCO3)n1. The monoisotopic (exact) mass is 320 g/mol. The lowest BCUT2D eigenvalue weighted by Gasteiger charge is -2.37. The second kappa shape index (κ2) is 6.80. The van der Waals surface area contributed by atoms with Crippen LogP contribution in [0.5, 0.6) is 0 Å². The summed E-state index contributed by atoms with van der Waals surface area (Å²) in [5.74, 6) is 0.432. The van der Waals surface area contributed by atoms with E-state index >= 15 is 0 Å². The number of nitrogens with one attached hydrogen (secondary N) is 1. The third kappa shape index (κ3) is 3.79. The van der Waals surface area contributed by atoms with E-state index in [2.05, 4.69) is 34.0 Å². The maximum atomic E-state index is 12.1. The van der Waals surface area contributed by atoms with Crippen molar-refractivity contribution in [2.24, 2.45) is 5.92 Å². The highest BCUT2D eigenvalue weighted by atomic mass is 16.7. The van der Waals surface area contributed by atoms with Gasteiger partial charge in [0.05, 0.1) is 13.2 Å². The molecule has 0 aromatic carbocycles. The van der Waals surface area contributed by atoms with Crippen LogP contribution in [0.3, 0.4) is 0 Å². The topological polar surface area (TPSA) is 76.6 Å². The third-order valence-corrected chi connectivity index (χ3v) is 4.17. The largest absolute Gasteiger partial charge is 0.350 e.